The molecule has 0 aromatic heterocycles. The molecule has 1 N–H and O–H groups in total. The molecule has 3 unspecified atom stereocenters. The third kappa shape index (κ3) is 2.18. The van der Waals surface area contributed by atoms with E-state index in [1.807, 2.05) is 6.92 Å². The van der Waals surface area contributed by atoms with Gasteiger partial charge in [-0.2, -0.15) is 0 Å². The maximum Gasteiger partial charge on any atom is 0.184 e. The quantitative estimate of drug-likeness (QED) is 0.829. The lowest BCUT2D eigenvalue weighted by Gasteiger charge is -2.54. The molecule has 1 saturated heterocycles. The topological polar surface area (TPSA) is 24.5 Å². The molecule has 2 heterocycles. The molecule has 3 atom stereocenters. The second-order valence-corrected chi connectivity index (χ2v) is 6.68. The summed E-state index contributed by atoms with van der Waals surface area (Å²) >= 11 is 11.4. The second-order valence-electron chi connectivity index (χ2n) is 5.88. The Labute approximate surface area is 134 Å². The normalized spacial score (nSPS) is 28.5. The molecule has 3 rings (SSSR count). The lowest BCUT2D eigenvalue weighted by Crippen LogP contribution is -2.66. The van der Waals surface area contributed by atoms with Gasteiger partial charge in [-0.3, -0.25) is 0 Å². The third-order valence-corrected chi connectivity index (χ3v) is 5.02. The minimum Gasteiger partial charge on any atom is -0.468 e. The maximum absolute atomic E-state index is 14.3. The molecule has 114 valence electrons. The van der Waals surface area contributed by atoms with Gasteiger partial charge in [0.05, 0.1) is 16.6 Å². The average Bonchev–Trinajstić information content (AvgIpc) is 2.41. The van der Waals surface area contributed by atoms with Gasteiger partial charge in [0.1, 0.15) is 5.75 Å². The average molecular weight is 329 g/mol. The van der Waals surface area contributed by atoms with Crippen molar-refractivity contribution in [2.45, 2.75) is 51.4 Å². The number of ether oxygens (including phenoxy) is 1. The zero-order chi connectivity index (χ0) is 15.4. The van der Waals surface area contributed by atoms with E-state index in [2.05, 4.69) is 24.1 Å². The van der Waals surface area contributed by atoms with Crippen LogP contribution in [0.3, 0.4) is 0 Å². The molecule has 1 aromatic carbocycles. The van der Waals surface area contributed by atoms with Gasteiger partial charge in [0.25, 0.3) is 0 Å². The van der Waals surface area contributed by atoms with E-state index in [0.29, 0.717) is 22.8 Å². The minimum atomic E-state index is -0.560. The Kier molecular flexibility index (Phi) is 3.53. The van der Waals surface area contributed by atoms with E-state index < -0.39 is 11.5 Å². The Morgan fingerprint density at radius 3 is 3.00 bits per heavy atom. The van der Waals surface area contributed by atoms with Crippen molar-refractivity contribution in [2.24, 2.45) is 0 Å². The Morgan fingerprint density at radius 2 is 2.33 bits per heavy atom. The summed E-state index contributed by atoms with van der Waals surface area (Å²) in [5.74, 6) is 0.118. The highest BCUT2D eigenvalue weighted by atomic mass is 35.5. The molecule has 21 heavy (non-hydrogen) atoms. The molecular formula is C15H18ClFN2OS. The lowest BCUT2D eigenvalue weighted by atomic mass is 9.89. The highest BCUT2D eigenvalue weighted by molar-refractivity contribution is 7.80. The van der Waals surface area contributed by atoms with Crippen LogP contribution in [-0.4, -0.2) is 21.8 Å². The number of halogens is 2. The van der Waals surface area contributed by atoms with E-state index in [4.69, 9.17) is 28.6 Å². The van der Waals surface area contributed by atoms with E-state index in [1.54, 1.807) is 6.07 Å². The summed E-state index contributed by atoms with van der Waals surface area (Å²) in [5.41, 5.74) is -0.0819. The highest BCUT2D eigenvalue weighted by Crippen LogP contribution is 2.46. The van der Waals surface area contributed by atoms with Gasteiger partial charge >= 0.3 is 0 Å². The van der Waals surface area contributed by atoms with Crippen LogP contribution in [-0.2, 0) is 0 Å². The van der Waals surface area contributed by atoms with Gasteiger partial charge in [-0.25, -0.2) is 4.39 Å². The second kappa shape index (κ2) is 4.99. The van der Waals surface area contributed by atoms with Gasteiger partial charge < -0.3 is 15.0 Å². The van der Waals surface area contributed by atoms with Crippen LogP contribution in [0.1, 0.15) is 45.2 Å². The van der Waals surface area contributed by atoms with Crippen molar-refractivity contribution in [1.29, 1.82) is 0 Å². The van der Waals surface area contributed by atoms with Crippen LogP contribution in [0.15, 0.2) is 12.1 Å². The summed E-state index contributed by atoms with van der Waals surface area (Å²) < 4.78 is 20.5. The van der Waals surface area contributed by atoms with E-state index in [9.17, 15) is 4.39 Å². The maximum atomic E-state index is 14.3. The van der Waals surface area contributed by atoms with Crippen LogP contribution in [0.5, 0.6) is 5.75 Å². The summed E-state index contributed by atoms with van der Waals surface area (Å²) in [4.78, 5) is 2.08. The fraction of sp³-hybridized carbons (Fsp3) is 0.533. The van der Waals surface area contributed by atoms with E-state index in [1.165, 1.54) is 6.07 Å². The molecule has 0 radical (unpaired) electrons. The molecule has 0 amide bonds. The third-order valence-electron chi connectivity index (χ3n) is 4.41. The summed E-state index contributed by atoms with van der Waals surface area (Å²) in [5, 5.41) is 3.96. The lowest BCUT2D eigenvalue weighted by molar-refractivity contribution is -0.0847. The number of benzene rings is 1. The molecule has 6 heteroatoms. The molecule has 1 fully saturated rings. The smallest absolute Gasteiger partial charge is 0.184 e. The first kappa shape index (κ1) is 14.9. The first-order valence-corrected chi connectivity index (χ1v) is 7.92. The predicted octanol–water partition coefficient (Wildman–Crippen LogP) is 4.01. The largest absolute Gasteiger partial charge is 0.468 e. The standard InChI is InChI=1S/C15H18ClFN2OS/c1-4-8(2)19-14(21)18-10-7-15(19,3)20-11-6-5-9(16)13(17)12(10)11/h5-6,8,10H,4,7H2,1-3H3,(H,18,21). The van der Waals surface area contributed by atoms with Crippen LogP contribution < -0.4 is 10.1 Å². The van der Waals surface area contributed by atoms with Crippen LogP contribution in [0.2, 0.25) is 5.02 Å². The number of fused-ring (bicyclic) bond motifs is 4. The fourth-order valence-corrected chi connectivity index (χ4v) is 3.95. The number of nitrogens with zero attached hydrogens (tertiary/aromatic N) is 1. The Morgan fingerprint density at radius 1 is 1.62 bits per heavy atom. The molecule has 0 saturated carbocycles. The highest BCUT2D eigenvalue weighted by Gasteiger charge is 2.49. The summed E-state index contributed by atoms with van der Waals surface area (Å²) in [6, 6.07) is 3.31. The Balaban J connectivity index is 2.09. The van der Waals surface area contributed by atoms with Crippen molar-refractivity contribution < 1.29 is 9.13 Å². The van der Waals surface area contributed by atoms with Gasteiger partial charge in [-0.05, 0) is 44.6 Å². The molecular weight excluding hydrogens is 311 g/mol. The summed E-state index contributed by atoms with van der Waals surface area (Å²) in [7, 11) is 0. The van der Waals surface area contributed by atoms with Crippen molar-refractivity contribution in [3.63, 3.8) is 0 Å². The minimum absolute atomic E-state index is 0.109. The van der Waals surface area contributed by atoms with Gasteiger partial charge in [0, 0.05) is 12.5 Å². The van der Waals surface area contributed by atoms with Crippen molar-refractivity contribution >= 4 is 28.9 Å². The monoisotopic (exact) mass is 328 g/mol. The van der Waals surface area contributed by atoms with Gasteiger partial charge in [0.15, 0.2) is 16.7 Å². The SMILES string of the molecule is CCC(C)N1C(=S)NC2CC1(C)Oc1ccc(Cl)c(F)c12. The van der Waals surface area contributed by atoms with Crippen LogP contribution in [0.25, 0.3) is 0 Å². The first-order chi connectivity index (χ1) is 9.87. The molecule has 0 spiro atoms. The van der Waals surface area contributed by atoms with Gasteiger partial charge in [-0.15, -0.1) is 0 Å². The predicted molar refractivity (Wildman–Crippen MR) is 85.1 cm³/mol. The summed E-state index contributed by atoms with van der Waals surface area (Å²) in [6.07, 6.45) is 1.58. The molecule has 3 nitrogen and oxygen atoms in total. The number of nitrogens with one attached hydrogen (secondary N) is 1. The van der Waals surface area contributed by atoms with E-state index in [0.717, 1.165) is 6.42 Å². The van der Waals surface area contributed by atoms with Gasteiger partial charge in [0.2, 0.25) is 0 Å². The Hall–Kier alpha value is -1.07. The fourth-order valence-electron chi connectivity index (χ4n) is 3.27. The van der Waals surface area contributed by atoms with E-state index >= 15 is 0 Å². The van der Waals surface area contributed by atoms with E-state index in [-0.39, 0.29) is 17.1 Å². The zero-order valence-corrected chi connectivity index (χ0v) is 13.8. The van der Waals surface area contributed by atoms with Gasteiger partial charge in [-0.1, -0.05) is 18.5 Å². The number of rotatable bonds is 2. The zero-order valence-electron chi connectivity index (χ0n) is 12.2. The number of hydrogen-bond donors (Lipinski definition) is 1. The first-order valence-electron chi connectivity index (χ1n) is 7.14. The van der Waals surface area contributed by atoms with Crippen LogP contribution in [0.4, 0.5) is 4.39 Å². The van der Waals surface area contributed by atoms with Crippen LogP contribution >= 0.6 is 23.8 Å². The van der Waals surface area contributed by atoms with Crippen molar-refractivity contribution in [3.8, 4) is 5.75 Å². The van der Waals surface area contributed by atoms with Crippen molar-refractivity contribution in [2.75, 3.05) is 0 Å². The van der Waals surface area contributed by atoms with Crippen LogP contribution in [0, 0.1) is 5.82 Å². The number of thiocarbonyl (C=S) groups is 1. The Bertz CT molecular complexity index is 612. The van der Waals surface area contributed by atoms with Crippen molar-refractivity contribution in [3.05, 3.63) is 28.5 Å². The molecule has 0 aliphatic carbocycles. The molecule has 1 aromatic rings. The summed E-state index contributed by atoms with van der Waals surface area (Å²) in [6.45, 7) is 6.23. The molecule has 2 aliphatic heterocycles. The molecule has 2 bridgehead atoms. The number of hydrogen-bond acceptors (Lipinski definition) is 2. The molecule has 2 aliphatic rings. The van der Waals surface area contributed by atoms with Crippen molar-refractivity contribution in [1.82, 2.24) is 10.2 Å².